The summed E-state index contributed by atoms with van der Waals surface area (Å²) in [6, 6.07) is 2.04. The van der Waals surface area contributed by atoms with Gasteiger partial charge in [0.15, 0.2) is 0 Å². The fourth-order valence-electron chi connectivity index (χ4n) is 1.60. The van der Waals surface area contributed by atoms with Crippen molar-refractivity contribution in [1.82, 2.24) is 4.90 Å². The van der Waals surface area contributed by atoms with Gasteiger partial charge < -0.3 is 4.42 Å². The molecule has 1 aromatic rings. The quantitative estimate of drug-likeness (QED) is 0.665. The van der Waals surface area contributed by atoms with Crippen molar-refractivity contribution in [3.63, 3.8) is 0 Å². The van der Waals surface area contributed by atoms with Gasteiger partial charge in [-0.1, -0.05) is 0 Å². The highest BCUT2D eigenvalue weighted by Crippen LogP contribution is 2.11. The molecule has 2 heterocycles. The lowest BCUT2D eigenvalue weighted by Gasteiger charge is -2.25. The maximum atomic E-state index is 5.02. The van der Waals surface area contributed by atoms with Crippen LogP contribution in [0.2, 0.25) is 0 Å². The van der Waals surface area contributed by atoms with Crippen molar-refractivity contribution in [2.45, 2.75) is 19.4 Å². The van der Waals surface area contributed by atoms with Crippen LogP contribution in [-0.2, 0) is 6.54 Å². The van der Waals surface area contributed by atoms with Crippen molar-refractivity contribution in [2.24, 2.45) is 0 Å². The third kappa shape index (κ3) is 1.89. The fraction of sp³-hybridized carbons (Fsp3) is 0.500. The highest BCUT2D eigenvalue weighted by atomic mass is 16.3. The smallest absolute Gasteiger partial charge is 0.0947 e. The van der Waals surface area contributed by atoms with Crippen molar-refractivity contribution in [3.05, 3.63) is 30.6 Å². The molecule has 1 radical (unpaired) electrons. The molecule has 0 spiro atoms. The molecular formula is C10H14NO. The lowest BCUT2D eigenvalue weighted by atomic mass is 10.1. The van der Waals surface area contributed by atoms with E-state index in [1.54, 1.807) is 6.26 Å². The van der Waals surface area contributed by atoms with Crippen molar-refractivity contribution in [2.75, 3.05) is 13.1 Å². The van der Waals surface area contributed by atoms with Crippen LogP contribution in [0.3, 0.4) is 0 Å². The van der Waals surface area contributed by atoms with E-state index in [4.69, 9.17) is 4.42 Å². The van der Waals surface area contributed by atoms with E-state index in [0.29, 0.717) is 0 Å². The zero-order valence-corrected chi connectivity index (χ0v) is 7.20. The molecule has 0 N–H and O–H groups in total. The molecule has 65 valence electrons. The Morgan fingerprint density at radius 3 is 2.83 bits per heavy atom. The summed E-state index contributed by atoms with van der Waals surface area (Å²) in [4.78, 5) is 2.46. The van der Waals surface area contributed by atoms with Crippen molar-refractivity contribution >= 4 is 0 Å². The van der Waals surface area contributed by atoms with Crippen molar-refractivity contribution < 1.29 is 4.42 Å². The topological polar surface area (TPSA) is 16.4 Å². The lowest BCUT2D eigenvalue weighted by molar-refractivity contribution is 0.245. The van der Waals surface area contributed by atoms with E-state index >= 15 is 0 Å². The van der Waals surface area contributed by atoms with Crippen LogP contribution in [0.1, 0.15) is 18.4 Å². The molecule has 0 aromatic carbocycles. The van der Waals surface area contributed by atoms with Crippen LogP contribution >= 0.6 is 0 Å². The number of rotatable bonds is 2. The minimum Gasteiger partial charge on any atom is -0.472 e. The predicted octanol–water partition coefficient (Wildman–Crippen LogP) is 2.08. The Kier molecular flexibility index (Phi) is 2.47. The van der Waals surface area contributed by atoms with Crippen LogP contribution in [0.15, 0.2) is 23.0 Å². The first kappa shape index (κ1) is 7.87. The van der Waals surface area contributed by atoms with Crippen LogP contribution in [0, 0.1) is 6.42 Å². The van der Waals surface area contributed by atoms with E-state index < -0.39 is 0 Å². The summed E-state index contributed by atoms with van der Waals surface area (Å²) in [5, 5.41) is 0. The van der Waals surface area contributed by atoms with E-state index in [9.17, 15) is 0 Å². The summed E-state index contributed by atoms with van der Waals surface area (Å²) in [6.07, 6.45) is 8.41. The van der Waals surface area contributed by atoms with Gasteiger partial charge in [0.05, 0.1) is 12.5 Å². The van der Waals surface area contributed by atoms with Gasteiger partial charge in [-0.05, 0) is 38.4 Å². The molecule has 0 atom stereocenters. The standard InChI is InChI=1S/C10H14NO/c1-2-5-11(6-3-1)8-10-4-7-12-9-10/h1,4,7,9H,2-3,5-6,8H2. The zero-order valence-electron chi connectivity index (χ0n) is 7.20. The molecule has 2 rings (SSSR count). The van der Waals surface area contributed by atoms with Crippen LogP contribution in [-0.4, -0.2) is 18.0 Å². The molecule has 0 aliphatic carbocycles. The number of furan rings is 1. The van der Waals surface area contributed by atoms with E-state index in [2.05, 4.69) is 11.3 Å². The maximum Gasteiger partial charge on any atom is 0.0947 e. The second-order valence-corrected chi connectivity index (χ2v) is 3.27. The Hall–Kier alpha value is -0.760. The monoisotopic (exact) mass is 164 g/mol. The molecule has 12 heavy (non-hydrogen) atoms. The Balaban J connectivity index is 1.86. The second kappa shape index (κ2) is 3.76. The molecule has 0 saturated carbocycles. The average Bonchev–Trinajstić information content (AvgIpc) is 2.59. The van der Waals surface area contributed by atoms with Gasteiger partial charge in [-0.3, -0.25) is 4.90 Å². The normalized spacial score (nSPS) is 19.7. The minimum absolute atomic E-state index is 1.05. The predicted molar refractivity (Wildman–Crippen MR) is 47.5 cm³/mol. The minimum atomic E-state index is 1.05. The second-order valence-electron chi connectivity index (χ2n) is 3.27. The van der Waals surface area contributed by atoms with Crippen molar-refractivity contribution in [1.29, 1.82) is 0 Å². The van der Waals surface area contributed by atoms with Crippen LogP contribution in [0.5, 0.6) is 0 Å². The van der Waals surface area contributed by atoms with E-state index in [1.807, 2.05) is 12.3 Å². The lowest BCUT2D eigenvalue weighted by Crippen LogP contribution is -2.29. The van der Waals surface area contributed by atoms with Gasteiger partial charge in [-0.15, -0.1) is 0 Å². The summed E-state index contributed by atoms with van der Waals surface area (Å²) < 4.78 is 5.02. The Morgan fingerprint density at radius 2 is 2.17 bits per heavy atom. The van der Waals surface area contributed by atoms with Crippen LogP contribution in [0.4, 0.5) is 0 Å². The fourth-order valence-corrected chi connectivity index (χ4v) is 1.60. The van der Waals surface area contributed by atoms with Gasteiger partial charge in [0.25, 0.3) is 0 Å². The zero-order chi connectivity index (χ0) is 8.23. The number of nitrogens with zero attached hydrogens (tertiary/aromatic N) is 1. The summed E-state index contributed by atoms with van der Waals surface area (Å²) in [5.74, 6) is 0. The van der Waals surface area contributed by atoms with Gasteiger partial charge >= 0.3 is 0 Å². The molecule has 0 bridgehead atoms. The van der Waals surface area contributed by atoms with Gasteiger partial charge in [0.1, 0.15) is 0 Å². The van der Waals surface area contributed by atoms with Crippen LogP contribution in [0.25, 0.3) is 0 Å². The van der Waals surface area contributed by atoms with Gasteiger partial charge in [-0.2, -0.15) is 0 Å². The van der Waals surface area contributed by atoms with E-state index in [0.717, 1.165) is 6.54 Å². The largest absolute Gasteiger partial charge is 0.472 e. The Bertz CT molecular complexity index is 212. The van der Waals surface area contributed by atoms with E-state index in [-0.39, 0.29) is 0 Å². The molecule has 0 unspecified atom stereocenters. The number of piperidine rings is 1. The molecule has 1 aliphatic rings. The first-order valence-corrected chi connectivity index (χ1v) is 4.50. The molecule has 2 heteroatoms. The third-order valence-electron chi connectivity index (χ3n) is 2.29. The highest BCUT2D eigenvalue weighted by molar-refractivity contribution is 5.05. The highest BCUT2D eigenvalue weighted by Gasteiger charge is 2.10. The molecule has 2 nitrogen and oxygen atoms in total. The molecule has 1 aliphatic heterocycles. The number of hydrogen-bond donors (Lipinski definition) is 0. The molecule has 0 amide bonds. The molecular weight excluding hydrogens is 150 g/mol. The summed E-state index contributed by atoms with van der Waals surface area (Å²) >= 11 is 0. The third-order valence-corrected chi connectivity index (χ3v) is 2.29. The first-order valence-electron chi connectivity index (χ1n) is 4.50. The average molecular weight is 164 g/mol. The SMILES string of the molecule is [CH]1CCN(Cc2ccoc2)CC1. The summed E-state index contributed by atoms with van der Waals surface area (Å²) in [5.41, 5.74) is 1.29. The van der Waals surface area contributed by atoms with Gasteiger partial charge in [-0.25, -0.2) is 0 Å². The Labute approximate surface area is 73.2 Å². The van der Waals surface area contributed by atoms with E-state index in [1.165, 1.54) is 31.5 Å². The van der Waals surface area contributed by atoms with Crippen LogP contribution < -0.4 is 0 Å². The van der Waals surface area contributed by atoms with Gasteiger partial charge in [0, 0.05) is 12.1 Å². The summed E-state index contributed by atoms with van der Waals surface area (Å²) in [7, 11) is 0. The maximum absolute atomic E-state index is 5.02. The molecule has 1 saturated heterocycles. The molecule has 1 fully saturated rings. The van der Waals surface area contributed by atoms with Crippen molar-refractivity contribution in [3.8, 4) is 0 Å². The Morgan fingerprint density at radius 1 is 1.33 bits per heavy atom. The molecule has 1 aromatic heterocycles. The summed E-state index contributed by atoms with van der Waals surface area (Å²) in [6.45, 7) is 3.45. The first-order chi connectivity index (χ1) is 5.95. The van der Waals surface area contributed by atoms with Gasteiger partial charge in [0.2, 0.25) is 0 Å². The number of likely N-dealkylation sites (tertiary alicyclic amines) is 1. The number of hydrogen-bond acceptors (Lipinski definition) is 2.